The highest BCUT2D eigenvalue weighted by Crippen LogP contribution is 2.28. The number of hydrogen-bond donors (Lipinski definition) is 2. The highest BCUT2D eigenvalue weighted by Gasteiger charge is 2.26. The maximum atomic E-state index is 11.9. The molecular formula is C11H18N4O2. The van der Waals surface area contributed by atoms with Crippen LogP contribution in [0.15, 0.2) is 4.42 Å². The summed E-state index contributed by atoms with van der Waals surface area (Å²) in [6.07, 6.45) is 3.83. The van der Waals surface area contributed by atoms with Gasteiger partial charge in [-0.2, -0.15) is 0 Å². The molecule has 2 rings (SSSR count). The monoisotopic (exact) mass is 238 g/mol. The van der Waals surface area contributed by atoms with Crippen LogP contribution in [0.5, 0.6) is 0 Å². The number of nitrogens with zero attached hydrogens (tertiary/aromatic N) is 2. The van der Waals surface area contributed by atoms with E-state index in [0.29, 0.717) is 11.8 Å². The summed E-state index contributed by atoms with van der Waals surface area (Å²) in [5, 5.41) is 10.1. The Morgan fingerprint density at radius 3 is 2.65 bits per heavy atom. The van der Waals surface area contributed by atoms with Crippen molar-refractivity contribution in [2.45, 2.75) is 32.6 Å². The third-order valence-corrected chi connectivity index (χ3v) is 3.31. The molecule has 1 amide bonds. The first kappa shape index (κ1) is 12.0. The standard InChI is InChI=1S/C11H18N4O2/c1-7-14-15-11(17-7)13-10(16)9-4-2-8(6-12)3-5-9/h8-9H,2-6,12H2,1H3,(H,13,15,16). The number of amides is 1. The van der Waals surface area contributed by atoms with Gasteiger partial charge in [0.15, 0.2) is 0 Å². The van der Waals surface area contributed by atoms with Crippen LogP contribution in [0.1, 0.15) is 31.6 Å². The molecule has 0 saturated heterocycles. The maximum Gasteiger partial charge on any atom is 0.322 e. The summed E-state index contributed by atoms with van der Waals surface area (Å²) in [6, 6.07) is 0.188. The Morgan fingerprint density at radius 1 is 1.41 bits per heavy atom. The molecule has 1 heterocycles. The molecule has 94 valence electrons. The number of hydrogen-bond acceptors (Lipinski definition) is 5. The molecule has 0 unspecified atom stereocenters. The summed E-state index contributed by atoms with van der Waals surface area (Å²) in [6.45, 7) is 2.41. The smallest absolute Gasteiger partial charge is 0.322 e. The van der Waals surface area contributed by atoms with Crippen LogP contribution in [0.25, 0.3) is 0 Å². The quantitative estimate of drug-likeness (QED) is 0.821. The highest BCUT2D eigenvalue weighted by molar-refractivity contribution is 5.90. The molecule has 6 nitrogen and oxygen atoms in total. The maximum absolute atomic E-state index is 11.9. The molecule has 0 radical (unpaired) electrons. The third-order valence-electron chi connectivity index (χ3n) is 3.31. The van der Waals surface area contributed by atoms with Crippen molar-refractivity contribution in [1.82, 2.24) is 10.2 Å². The molecule has 3 N–H and O–H groups in total. The Hall–Kier alpha value is -1.43. The van der Waals surface area contributed by atoms with E-state index in [1.807, 2.05) is 0 Å². The molecule has 1 aliphatic carbocycles. The van der Waals surface area contributed by atoms with Crippen molar-refractivity contribution < 1.29 is 9.21 Å². The van der Waals surface area contributed by atoms with Gasteiger partial charge in [0.1, 0.15) is 0 Å². The number of aryl methyl sites for hydroxylation is 1. The summed E-state index contributed by atoms with van der Waals surface area (Å²) in [4.78, 5) is 11.9. The number of rotatable bonds is 3. The van der Waals surface area contributed by atoms with E-state index in [2.05, 4.69) is 15.5 Å². The fourth-order valence-electron chi connectivity index (χ4n) is 2.21. The predicted molar refractivity (Wildman–Crippen MR) is 62.2 cm³/mol. The second-order valence-corrected chi connectivity index (χ2v) is 4.57. The largest absolute Gasteiger partial charge is 0.408 e. The zero-order valence-corrected chi connectivity index (χ0v) is 9.98. The zero-order chi connectivity index (χ0) is 12.3. The average molecular weight is 238 g/mol. The minimum atomic E-state index is -0.0240. The van der Waals surface area contributed by atoms with E-state index in [4.69, 9.17) is 10.2 Å². The van der Waals surface area contributed by atoms with Gasteiger partial charge >= 0.3 is 6.01 Å². The predicted octanol–water partition coefficient (Wildman–Crippen LogP) is 1.08. The lowest BCUT2D eigenvalue weighted by atomic mass is 9.82. The van der Waals surface area contributed by atoms with Gasteiger partial charge in [0.2, 0.25) is 11.8 Å². The van der Waals surface area contributed by atoms with Crippen LogP contribution in [0, 0.1) is 18.8 Å². The first-order valence-electron chi connectivity index (χ1n) is 6.00. The Morgan fingerprint density at radius 2 is 2.12 bits per heavy atom. The SMILES string of the molecule is Cc1nnc(NC(=O)C2CCC(CN)CC2)o1. The van der Waals surface area contributed by atoms with Crippen LogP contribution in [0.3, 0.4) is 0 Å². The molecule has 6 heteroatoms. The van der Waals surface area contributed by atoms with E-state index in [1.54, 1.807) is 6.92 Å². The zero-order valence-electron chi connectivity index (χ0n) is 9.98. The molecule has 1 aromatic heterocycles. The van der Waals surface area contributed by atoms with Gasteiger partial charge in [0.05, 0.1) is 0 Å². The van der Waals surface area contributed by atoms with Crippen molar-refractivity contribution in [3.05, 3.63) is 5.89 Å². The van der Waals surface area contributed by atoms with Crippen LogP contribution in [0.4, 0.5) is 6.01 Å². The first-order chi connectivity index (χ1) is 8.19. The molecule has 0 aromatic carbocycles. The van der Waals surface area contributed by atoms with Gasteiger partial charge in [-0.05, 0) is 38.1 Å². The molecule has 1 aliphatic rings. The van der Waals surface area contributed by atoms with E-state index >= 15 is 0 Å². The fraction of sp³-hybridized carbons (Fsp3) is 0.727. The Bertz CT molecular complexity index is 383. The van der Waals surface area contributed by atoms with E-state index in [9.17, 15) is 4.79 Å². The molecule has 0 bridgehead atoms. The summed E-state index contributed by atoms with van der Waals surface area (Å²) >= 11 is 0. The van der Waals surface area contributed by atoms with Crippen molar-refractivity contribution in [3.63, 3.8) is 0 Å². The molecule has 0 atom stereocenters. The Kier molecular flexibility index (Phi) is 3.73. The lowest BCUT2D eigenvalue weighted by molar-refractivity contribution is -0.121. The topological polar surface area (TPSA) is 94.0 Å². The normalized spacial score (nSPS) is 24.6. The summed E-state index contributed by atoms with van der Waals surface area (Å²) < 4.78 is 5.11. The second kappa shape index (κ2) is 5.27. The van der Waals surface area contributed by atoms with Crippen LogP contribution in [0.2, 0.25) is 0 Å². The van der Waals surface area contributed by atoms with E-state index in [1.165, 1.54) is 0 Å². The summed E-state index contributed by atoms with van der Waals surface area (Å²) in [5.74, 6) is 1.05. The highest BCUT2D eigenvalue weighted by atomic mass is 16.4. The van der Waals surface area contributed by atoms with Gasteiger partial charge in [-0.3, -0.25) is 10.1 Å². The van der Waals surface area contributed by atoms with Gasteiger partial charge < -0.3 is 10.2 Å². The second-order valence-electron chi connectivity index (χ2n) is 4.57. The Balaban J connectivity index is 1.85. The van der Waals surface area contributed by atoms with Crippen molar-refractivity contribution in [2.24, 2.45) is 17.6 Å². The van der Waals surface area contributed by atoms with Gasteiger partial charge in [0, 0.05) is 12.8 Å². The molecule has 0 aliphatic heterocycles. The van der Waals surface area contributed by atoms with E-state index in [0.717, 1.165) is 32.2 Å². The lowest BCUT2D eigenvalue weighted by Crippen LogP contribution is -2.29. The van der Waals surface area contributed by atoms with Gasteiger partial charge in [-0.25, -0.2) is 0 Å². The fourth-order valence-corrected chi connectivity index (χ4v) is 2.21. The molecular weight excluding hydrogens is 220 g/mol. The number of nitrogens with one attached hydrogen (secondary N) is 1. The lowest BCUT2D eigenvalue weighted by Gasteiger charge is -2.26. The average Bonchev–Trinajstić information content (AvgIpc) is 2.75. The molecule has 1 aromatic rings. The van der Waals surface area contributed by atoms with Crippen LogP contribution in [-0.4, -0.2) is 22.6 Å². The van der Waals surface area contributed by atoms with Gasteiger partial charge in [-0.15, -0.1) is 5.10 Å². The minimum absolute atomic E-state index is 0.0240. The number of carbonyl (C=O) groups is 1. The van der Waals surface area contributed by atoms with E-state index < -0.39 is 0 Å². The van der Waals surface area contributed by atoms with Crippen molar-refractivity contribution >= 4 is 11.9 Å². The Labute approximate surface area is 100.0 Å². The number of carbonyl (C=O) groups excluding carboxylic acids is 1. The molecule has 1 fully saturated rings. The van der Waals surface area contributed by atoms with E-state index in [-0.39, 0.29) is 17.8 Å². The van der Waals surface area contributed by atoms with Gasteiger partial charge in [0.25, 0.3) is 0 Å². The van der Waals surface area contributed by atoms with Gasteiger partial charge in [-0.1, -0.05) is 5.10 Å². The number of anilines is 1. The van der Waals surface area contributed by atoms with Crippen LogP contribution < -0.4 is 11.1 Å². The number of nitrogens with two attached hydrogens (primary N) is 1. The number of aromatic nitrogens is 2. The minimum Gasteiger partial charge on any atom is -0.408 e. The van der Waals surface area contributed by atoms with Crippen molar-refractivity contribution in [3.8, 4) is 0 Å². The third kappa shape index (κ3) is 3.03. The summed E-state index contributed by atoms with van der Waals surface area (Å²) in [7, 11) is 0. The first-order valence-corrected chi connectivity index (χ1v) is 6.00. The molecule has 0 spiro atoms. The summed E-state index contributed by atoms with van der Waals surface area (Å²) in [5.41, 5.74) is 5.62. The molecule has 1 saturated carbocycles. The van der Waals surface area contributed by atoms with Crippen LogP contribution >= 0.6 is 0 Å². The van der Waals surface area contributed by atoms with Crippen molar-refractivity contribution in [2.75, 3.05) is 11.9 Å². The molecule has 17 heavy (non-hydrogen) atoms. The van der Waals surface area contributed by atoms with Crippen molar-refractivity contribution in [1.29, 1.82) is 0 Å². The van der Waals surface area contributed by atoms with Crippen LogP contribution in [-0.2, 0) is 4.79 Å².